The van der Waals surface area contributed by atoms with Gasteiger partial charge in [-0.2, -0.15) is 5.26 Å². The Morgan fingerprint density at radius 3 is 2.72 bits per heavy atom. The summed E-state index contributed by atoms with van der Waals surface area (Å²) in [5, 5.41) is 10.8. The number of unbranched alkanes of at least 4 members (excludes halogenated alkanes) is 1. The van der Waals surface area contributed by atoms with Gasteiger partial charge in [-0.25, -0.2) is 0 Å². The number of hydrogen-bond donors (Lipinski definition) is 0. The van der Waals surface area contributed by atoms with Gasteiger partial charge in [0.2, 0.25) is 0 Å². The van der Waals surface area contributed by atoms with Gasteiger partial charge in [-0.1, -0.05) is 56.3 Å². The maximum absolute atomic E-state index is 9.06. The van der Waals surface area contributed by atoms with Crippen molar-refractivity contribution < 1.29 is 0 Å². The maximum atomic E-state index is 9.06. The molecule has 170 valence electrons. The van der Waals surface area contributed by atoms with Gasteiger partial charge in [0, 0.05) is 49.4 Å². The summed E-state index contributed by atoms with van der Waals surface area (Å²) < 4.78 is 0. The minimum absolute atomic E-state index is 0.0658. The summed E-state index contributed by atoms with van der Waals surface area (Å²) in [6.07, 6.45) is 7.96. The van der Waals surface area contributed by atoms with E-state index >= 15 is 0 Å². The Labute approximate surface area is 198 Å². The zero-order chi connectivity index (χ0) is 23.1. The van der Waals surface area contributed by atoms with E-state index in [1.165, 1.54) is 51.1 Å². The SMILES string of the molecule is C=C(CCCC)N1CCN(C)CC1.C=Cc1ccc2c(Cl)c3c(nc2c1)CC(C#N)CC3. The van der Waals surface area contributed by atoms with E-state index in [4.69, 9.17) is 21.8 Å². The molecule has 1 fully saturated rings. The predicted octanol–water partition coefficient (Wildman–Crippen LogP) is 6.10. The summed E-state index contributed by atoms with van der Waals surface area (Å²) in [5.41, 5.74) is 5.36. The molecule has 0 spiro atoms. The lowest BCUT2D eigenvalue weighted by molar-refractivity contribution is 0.182. The monoisotopic (exact) mass is 450 g/mol. The van der Waals surface area contributed by atoms with Crippen LogP contribution in [0.15, 0.2) is 37.1 Å². The van der Waals surface area contributed by atoms with Crippen molar-refractivity contribution in [2.45, 2.75) is 45.4 Å². The van der Waals surface area contributed by atoms with E-state index in [0.29, 0.717) is 6.42 Å². The molecule has 4 nitrogen and oxygen atoms in total. The Morgan fingerprint density at radius 2 is 2.06 bits per heavy atom. The Kier molecular flexibility index (Phi) is 8.73. The van der Waals surface area contributed by atoms with Crippen LogP contribution in [0.5, 0.6) is 0 Å². The number of halogens is 1. The number of allylic oxidation sites excluding steroid dienone is 1. The van der Waals surface area contributed by atoms with E-state index in [2.05, 4.69) is 43.0 Å². The highest BCUT2D eigenvalue weighted by Gasteiger charge is 2.23. The third kappa shape index (κ3) is 5.91. The van der Waals surface area contributed by atoms with Crippen LogP contribution >= 0.6 is 11.6 Å². The van der Waals surface area contributed by atoms with Gasteiger partial charge in [0.25, 0.3) is 0 Å². The van der Waals surface area contributed by atoms with Crippen molar-refractivity contribution in [2.75, 3.05) is 33.2 Å². The number of likely N-dealkylation sites (N-methyl/N-ethyl adjacent to an activating group) is 1. The standard InChI is InChI=1S/C16H13ClN2.C11H22N2/c1-2-10-3-5-12-14(7-10)19-15-8-11(9-18)4-6-13(15)16(12)17;1-4-5-6-11(2)13-9-7-12(3)8-10-13/h2-3,5,7,11H,1,4,6,8H2;2,4-10H2,1,3H3. The summed E-state index contributed by atoms with van der Waals surface area (Å²) in [5.74, 6) is 0.0658. The molecule has 5 heteroatoms. The van der Waals surface area contributed by atoms with E-state index in [1.54, 1.807) is 6.08 Å². The zero-order valence-corrected chi connectivity index (χ0v) is 20.3. The van der Waals surface area contributed by atoms with Gasteiger partial charge in [-0.15, -0.1) is 0 Å². The summed E-state index contributed by atoms with van der Waals surface area (Å²) in [6.45, 7) is 14.9. The Bertz CT molecular complexity index is 999. The molecule has 1 saturated heterocycles. The summed E-state index contributed by atoms with van der Waals surface area (Å²) in [7, 11) is 2.19. The van der Waals surface area contributed by atoms with Crippen LogP contribution in [-0.2, 0) is 12.8 Å². The molecule has 1 atom stereocenters. The van der Waals surface area contributed by atoms with Crippen LogP contribution in [0.1, 0.15) is 49.4 Å². The molecule has 2 aliphatic rings. The number of nitrogens with zero attached hydrogens (tertiary/aromatic N) is 4. The first kappa shape index (κ1) is 24.3. The Morgan fingerprint density at radius 1 is 1.31 bits per heavy atom. The highest BCUT2D eigenvalue weighted by Crippen LogP contribution is 2.34. The number of hydrogen-bond acceptors (Lipinski definition) is 4. The fourth-order valence-corrected chi connectivity index (χ4v) is 4.67. The molecular formula is C27H35ClN4. The maximum Gasteiger partial charge on any atom is 0.0726 e. The van der Waals surface area contributed by atoms with Gasteiger partial charge in [-0.05, 0) is 49.9 Å². The zero-order valence-electron chi connectivity index (χ0n) is 19.5. The average Bonchev–Trinajstić information content (AvgIpc) is 2.82. The normalized spacial score (nSPS) is 18.3. The lowest BCUT2D eigenvalue weighted by Crippen LogP contribution is -2.43. The molecule has 32 heavy (non-hydrogen) atoms. The fourth-order valence-electron chi connectivity index (χ4n) is 4.30. The van der Waals surface area contributed by atoms with Crippen molar-refractivity contribution in [2.24, 2.45) is 5.92 Å². The van der Waals surface area contributed by atoms with Crippen molar-refractivity contribution in [3.8, 4) is 6.07 Å². The van der Waals surface area contributed by atoms with Gasteiger partial charge in [0.05, 0.1) is 22.5 Å². The van der Waals surface area contributed by atoms with Crippen molar-refractivity contribution in [3.63, 3.8) is 0 Å². The third-order valence-electron chi connectivity index (χ3n) is 6.50. The first-order chi connectivity index (χ1) is 15.5. The van der Waals surface area contributed by atoms with Crippen LogP contribution in [-0.4, -0.2) is 48.0 Å². The van der Waals surface area contributed by atoms with Gasteiger partial charge in [-0.3, -0.25) is 4.98 Å². The number of fused-ring (bicyclic) bond motifs is 2. The van der Waals surface area contributed by atoms with Gasteiger partial charge in [0.15, 0.2) is 0 Å². The number of benzene rings is 1. The number of piperazine rings is 1. The van der Waals surface area contributed by atoms with Crippen LogP contribution in [0.4, 0.5) is 0 Å². The minimum Gasteiger partial charge on any atom is -0.373 e. The molecular weight excluding hydrogens is 416 g/mol. The van der Waals surface area contributed by atoms with E-state index in [0.717, 1.165) is 45.6 Å². The quantitative estimate of drug-likeness (QED) is 0.552. The van der Waals surface area contributed by atoms with Crippen LogP contribution in [0, 0.1) is 17.2 Å². The lowest BCUT2D eigenvalue weighted by atomic mass is 9.87. The molecule has 2 aromatic rings. The average molecular weight is 451 g/mol. The number of rotatable bonds is 5. The number of nitriles is 1. The van der Waals surface area contributed by atoms with E-state index in [9.17, 15) is 0 Å². The molecule has 4 rings (SSSR count). The van der Waals surface area contributed by atoms with Crippen LogP contribution in [0.25, 0.3) is 17.0 Å². The molecule has 0 radical (unpaired) electrons. The van der Waals surface area contributed by atoms with Crippen molar-refractivity contribution >= 4 is 28.6 Å². The second-order valence-corrected chi connectivity index (χ2v) is 9.24. The highest BCUT2D eigenvalue weighted by molar-refractivity contribution is 6.36. The first-order valence-corrected chi connectivity index (χ1v) is 12.1. The summed E-state index contributed by atoms with van der Waals surface area (Å²) in [6, 6.07) is 8.32. The predicted molar refractivity (Wildman–Crippen MR) is 136 cm³/mol. The van der Waals surface area contributed by atoms with Crippen molar-refractivity contribution in [3.05, 3.63) is 58.9 Å². The molecule has 0 bridgehead atoms. The molecule has 1 aromatic heterocycles. The summed E-state index contributed by atoms with van der Waals surface area (Å²) >= 11 is 6.50. The number of pyridine rings is 1. The highest BCUT2D eigenvalue weighted by atomic mass is 35.5. The Balaban J connectivity index is 0.000000195. The molecule has 0 amide bonds. The molecule has 1 aromatic carbocycles. The third-order valence-corrected chi connectivity index (χ3v) is 6.93. The largest absolute Gasteiger partial charge is 0.373 e. The molecule has 1 unspecified atom stereocenters. The van der Waals surface area contributed by atoms with E-state index in [1.807, 2.05) is 18.2 Å². The van der Waals surface area contributed by atoms with Crippen LogP contribution < -0.4 is 0 Å². The molecule has 1 aliphatic carbocycles. The molecule has 2 heterocycles. The topological polar surface area (TPSA) is 43.2 Å². The summed E-state index contributed by atoms with van der Waals surface area (Å²) in [4.78, 5) is 9.52. The van der Waals surface area contributed by atoms with Crippen molar-refractivity contribution in [1.82, 2.24) is 14.8 Å². The fraction of sp³-hybridized carbons (Fsp3) is 0.481. The van der Waals surface area contributed by atoms with Gasteiger partial charge < -0.3 is 9.80 Å². The van der Waals surface area contributed by atoms with Crippen LogP contribution in [0.2, 0.25) is 5.02 Å². The minimum atomic E-state index is 0.0658. The Hall–Kier alpha value is -2.35. The lowest BCUT2D eigenvalue weighted by Gasteiger charge is -2.35. The molecule has 0 saturated carbocycles. The molecule has 0 N–H and O–H groups in total. The van der Waals surface area contributed by atoms with E-state index < -0.39 is 0 Å². The van der Waals surface area contributed by atoms with E-state index in [-0.39, 0.29) is 5.92 Å². The van der Waals surface area contributed by atoms with Gasteiger partial charge in [0.1, 0.15) is 0 Å². The van der Waals surface area contributed by atoms with Gasteiger partial charge >= 0.3 is 0 Å². The molecule has 1 aliphatic heterocycles. The smallest absolute Gasteiger partial charge is 0.0726 e. The second kappa shape index (κ2) is 11.5. The second-order valence-electron chi connectivity index (χ2n) is 8.86. The number of aromatic nitrogens is 1. The first-order valence-electron chi connectivity index (χ1n) is 11.7. The van der Waals surface area contributed by atoms with Crippen molar-refractivity contribution in [1.29, 1.82) is 5.26 Å². The van der Waals surface area contributed by atoms with Crippen LogP contribution in [0.3, 0.4) is 0 Å².